The van der Waals surface area contributed by atoms with Gasteiger partial charge in [-0.15, -0.1) is 0 Å². The summed E-state index contributed by atoms with van der Waals surface area (Å²) in [5, 5.41) is 12.5. The van der Waals surface area contributed by atoms with Crippen LogP contribution in [0.5, 0.6) is 5.75 Å². The number of para-hydroxylation sites is 1. The maximum atomic E-state index is 9.27. The van der Waals surface area contributed by atoms with Gasteiger partial charge in [0.05, 0.1) is 29.2 Å². The Hall–Kier alpha value is -2.67. The first kappa shape index (κ1) is 14.7. The summed E-state index contributed by atoms with van der Waals surface area (Å²) in [5.74, 6) is 0.660. The molecule has 0 atom stereocenters. The molecule has 0 aliphatic carbocycles. The number of rotatable bonds is 5. The van der Waals surface area contributed by atoms with Crippen LogP contribution >= 0.6 is 0 Å². The number of nitrogens with one attached hydrogen (secondary N) is 1. The lowest BCUT2D eigenvalue weighted by Crippen LogP contribution is -2.03. The summed E-state index contributed by atoms with van der Waals surface area (Å²) in [6.07, 6.45) is 0.924. The minimum atomic E-state index is 0.552. The van der Waals surface area contributed by atoms with Gasteiger partial charge in [-0.25, -0.2) is 0 Å². The van der Waals surface area contributed by atoms with E-state index in [2.05, 4.69) is 11.4 Å². The van der Waals surface area contributed by atoms with Gasteiger partial charge in [-0.1, -0.05) is 25.1 Å². The molecule has 0 fully saturated rings. The van der Waals surface area contributed by atoms with Gasteiger partial charge in [-0.3, -0.25) is 0 Å². The summed E-state index contributed by atoms with van der Waals surface area (Å²) >= 11 is 0. The highest BCUT2D eigenvalue weighted by atomic mass is 16.5. The highest BCUT2D eigenvalue weighted by Crippen LogP contribution is 2.33. The number of anilines is 3. The second kappa shape index (κ2) is 6.67. The molecule has 0 unspecified atom stereocenters. The fraction of sp³-hybridized carbons (Fsp3) is 0.235. The Bertz CT molecular complexity index is 674. The molecule has 0 radical (unpaired) electrons. The van der Waals surface area contributed by atoms with Gasteiger partial charge >= 0.3 is 0 Å². The number of ether oxygens (including phenoxy) is 1. The highest BCUT2D eigenvalue weighted by molar-refractivity contribution is 5.79. The van der Waals surface area contributed by atoms with E-state index in [-0.39, 0.29) is 0 Å². The zero-order valence-corrected chi connectivity index (χ0v) is 12.3. The molecule has 0 saturated carbocycles. The van der Waals surface area contributed by atoms with Gasteiger partial charge in [0.25, 0.3) is 0 Å². The van der Waals surface area contributed by atoms with E-state index in [9.17, 15) is 5.26 Å². The van der Waals surface area contributed by atoms with Crippen molar-refractivity contribution in [1.29, 1.82) is 5.26 Å². The van der Waals surface area contributed by atoms with Crippen molar-refractivity contribution in [3.8, 4) is 11.8 Å². The van der Waals surface area contributed by atoms with Gasteiger partial charge in [0.2, 0.25) is 0 Å². The Balaban J connectivity index is 2.33. The zero-order chi connectivity index (χ0) is 15.2. The molecule has 4 heteroatoms. The molecule has 108 valence electrons. The van der Waals surface area contributed by atoms with Gasteiger partial charge in [0, 0.05) is 0 Å². The van der Waals surface area contributed by atoms with Crippen molar-refractivity contribution >= 4 is 17.1 Å². The average Bonchev–Trinajstić information content (AvgIpc) is 2.48. The van der Waals surface area contributed by atoms with E-state index in [4.69, 9.17) is 10.5 Å². The standard InChI is InChI=1S/C17H19N3O/c1-3-10-21-16-9-5-8-15(17(16)19)20-14-7-4-6-12(2)13(14)11-18/h4-9,20H,3,10,19H2,1-2H3. The fourth-order valence-electron chi connectivity index (χ4n) is 2.06. The molecular weight excluding hydrogens is 262 g/mol. The van der Waals surface area contributed by atoms with E-state index < -0.39 is 0 Å². The molecule has 0 bridgehead atoms. The number of nitrogens with zero attached hydrogens (tertiary/aromatic N) is 1. The largest absolute Gasteiger partial charge is 0.491 e. The first-order valence-electron chi connectivity index (χ1n) is 6.95. The number of benzene rings is 2. The van der Waals surface area contributed by atoms with E-state index in [1.165, 1.54) is 0 Å². The summed E-state index contributed by atoms with van der Waals surface area (Å²) in [6, 6.07) is 13.5. The summed E-state index contributed by atoms with van der Waals surface area (Å²) in [6.45, 7) is 4.58. The molecule has 4 nitrogen and oxygen atoms in total. The first-order valence-corrected chi connectivity index (χ1v) is 6.95. The van der Waals surface area contributed by atoms with Crippen LogP contribution in [0.1, 0.15) is 24.5 Å². The number of nitriles is 1. The van der Waals surface area contributed by atoms with Gasteiger partial charge in [0.1, 0.15) is 11.8 Å². The maximum Gasteiger partial charge on any atom is 0.144 e. The molecule has 2 aromatic rings. The topological polar surface area (TPSA) is 71.1 Å². The van der Waals surface area contributed by atoms with E-state index >= 15 is 0 Å². The van der Waals surface area contributed by atoms with Crippen LogP contribution in [0.15, 0.2) is 36.4 Å². The molecule has 0 amide bonds. The van der Waals surface area contributed by atoms with Crippen molar-refractivity contribution in [2.75, 3.05) is 17.7 Å². The van der Waals surface area contributed by atoms with E-state index in [0.717, 1.165) is 23.4 Å². The fourth-order valence-corrected chi connectivity index (χ4v) is 2.06. The molecule has 2 aromatic carbocycles. The van der Waals surface area contributed by atoms with Crippen LogP contribution < -0.4 is 15.8 Å². The van der Waals surface area contributed by atoms with Gasteiger partial charge in [-0.05, 0) is 37.1 Å². The van der Waals surface area contributed by atoms with Gasteiger partial charge in [-0.2, -0.15) is 5.26 Å². The molecule has 21 heavy (non-hydrogen) atoms. The minimum Gasteiger partial charge on any atom is -0.491 e. The normalized spacial score (nSPS) is 9.95. The van der Waals surface area contributed by atoms with Gasteiger partial charge in [0.15, 0.2) is 0 Å². The summed E-state index contributed by atoms with van der Waals surface area (Å²) in [7, 11) is 0. The second-order valence-corrected chi connectivity index (χ2v) is 4.80. The summed E-state index contributed by atoms with van der Waals surface area (Å²) in [5.41, 5.74) is 9.72. The first-order chi connectivity index (χ1) is 10.2. The Kier molecular flexibility index (Phi) is 4.68. The van der Waals surface area contributed by atoms with Crippen LogP contribution in [0, 0.1) is 18.3 Å². The zero-order valence-electron chi connectivity index (χ0n) is 12.3. The number of nitrogens with two attached hydrogens (primary N) is 1. The quantitative estimate of drug-likeness (QED) is 0.813. The Morgan fingerprint density at radius 1 is 1.19 bits per heavy atom. The lowest BCUT2D eigenvalue weighted by molar-refractivity contribution is 0.319. The predicted octanol–water partition coefficient (Wildman–Crippen LogP) is 3.98. The Morgan fingerprint density at radius 3 is 2.62 bits per heavy atom. The van der Waals surface area contributed by atoms with Crippen LogP contribution in [0.2, 0.25) is 0 Å². The second-order valence-electron chi connectivity index (χ2n) is 4.80. The van der Waals surface area contributed by atoms with Crippen molar-refractivity contribution < 1.29 is 4.74 Å². The third kappa shape index (κ3) is 3.26. The average molecular weight is 281 g/mol. The number of aryl methyl sites for hydroxylation is 1. The molecule has 0 aromatic heterocycles. The van der Waals surface area contributed by atoms with Crippen molar-refractivity contribution in [2.24, 2.45) is 0 Å². The van der Waals surface area contributed by atoms with Crippen LogP contribution in [0.25, 0.3) is 0 Å². The number of nitrogen functional groups attached to an aromatic ring is 1. The van der Waals surface area contributed by atoms with Crippen LogP contribution in [-0.4, -0.2) is 6.61 Å². The molecule has 0 spiro atoms. The SMILES string of the molecule is CCCOc1cccc(Nc2cccc(C)c2C#N)c1N. The molecule has 0 saturated heterocycles. The molecular formula is C17H19N3O. The lowest BCUT2D eigenvalue weighted by atomic mass is 10.1. The number of hydrogen-bond donors (Lipinski definition) is 2. The number of hydrogen-bond acceptors (Lipinski definition) is 4. The van der Waals surface area contributed by atoms with Gasteiger partial charge < -0.3 is 15.8 Å². The highest BCUT2D eigenvalue weighted by Gasteiger charge is 2.09. The lowest BCUT2D eigenvalue weighted by Gasteiger charge is -2.15. The van der Waals surface area contributed by atoms with E-state index in [1.807, 2.05) is 50.2 Å². The van der Waals surface area contributed by atoms with Crippen LogP contribution in [-0.2, 0) is 0 Å². The van der Waals surface area contributed by atoms with Crippen molar-refractivity contribution in [2.45, 2.75) is 20.3 Å². The molecule has 0 aliphatic rings. The van der Waals surface area contributed by atoms with E-state index in [0.29, 0.717) is 23.6 Å². The predicted molar refractivity (Wildman–Crippen MR) is 85.8 cm³/mol. The minimum absolute atomic E-state index is 0.552. The molecule has 0 aliphatic heterocycles. The molecule has 0 heterocycles. The van der Waals surface area contributed by atoms with Crippen molar-refractivity contribution in [3.63, 3.8) is 0 Å². The van der Waals surface area contributed by atoms with Crippen molar-refractivity contribution in [1.82, 2.24) is 0 Å². The monoisotopic (exact) mass is 281 g/mol. The molecule has 3 N–H and O–H groups in total. The smallest absolute Gasteiger partial charge is 0.144 e. The molecule has 2 rings (SSSR count). The van der Waals surface area contributed by atoms with Crippen molar-refractivity contribution in [3.05, 3.63) is 47.5 Å². The summed E-state index contributed by atoms with van der Waals surface area (Å²) in [4.78, 5) is 0. The van der Waals surface area contributed by atoms with Crippen LogP contribution in [0.3, 0.4) is 0 Å². The third-order valence-corrected chi connectivity index (χ3v) is 3.18. The summed E-state index contributed by atoms with van der Waals surface area (Å²) < 4.78 is 5.61. The third-order valence-electron chi connectivity index (χ3n) is 3.18. The Morgan fingerprint density at radius 2 is 1.90 bits per heavy atom. The Labute approximate surface area is 125 Å². The maximum absolute atomic E-state index is 9.27. The van der Waals surface area contributed by atoms with Crippen LogP contribution in [0.4, 0.5) is 17.1 Å². The van der Waals surface area contributed by atoms with E-state index in [1.54, 1.807) is 0 Å².